The van der Waals surface area contributed by atoms with Gasteiger partial charge in [-0.3, -0.25) is 0 Å². The SMILES string of the molecule is c1ccc(-c2cc3ccccc3c(-c3ccccc3-c3c(-c4ccc5c(c4)NCO5)ccc4ccccc34)n2)cc1. The Labute approximate surface area is 238 Å². The number of fused-ring (bicyclic) bond motifs is 3. The maximum Gasteiger partial charge on any atom is 0.159 e. The predicted octanol–water partition coefficient (Wildman–Crippen LogP) is 9.82. The highest BCUT2D eigenvalue weighted by Gasteiger charge is 2.20. The number of nitrogens with zero attached hydrogens (tertiary/aromatic N) is 1. The maximum absolute atomic E-state index is 5.72. The highest BCUT2D eigenvalue weighted by atomic mass is 16.5. The van der Waals surface area contributed by atoms with Crippen molar-refractivity contribution < 1.29 is 4.74 Å². The van der Waals surface area contributed by atoms with Crippen molar-refractivity contribution in [2.45, 2.75) is 0 Å². The molecule has 8 rings (SSSR count). The van der Waals surface area contributed by atoms with Crippen molar-refractivity contribution in [3.63, 3.8) is 0 Å². The lowest BCUT2D eigenvalue weighted by Crippen LogP contribution is -1.96. The quantitative estimate of drug-likeness (QED) is 0.248. The van der Waals surface area contributed by atoms with Gasteiger partial charge in [0.2, 0.25) is 0 Å². The second-order valence-corrected chi connectivity index (χ2v) is 10.4. The molecule has 2 heterocycles. The number of pyridine rings is 1. The van der Waals surface area contributed by atoms with Gasteiger partial charge in [-0.15, -0.1) is 0 Å². The van der Waals surface area contributed by atoms with Gasteiger partial charge in [-0.1, -0.05) is 121 Å². The van der Waals surface area contributed by atoms with Crippen LogP contribution in [0.5, 0.6) is 5.75 Å². The fraction of sp³-hybridized carbons (Fsp3) is 0.0263. The van der Waals surface area contributed by atoms with E-state index in [9.17, 15) is 0 Å². The van der Waals surface area contributed by atoms with Gasteiger partial charge in [0.15, 0.2) is 6.73 Å². The summed E-state index contributed by atoms with van der Waals surface area (Å²) in [5, 5.41) is 8.09. The lowest BCUT2D eigenvalue weighted by atomic mass is 9.86. The molecule has 0 saturated heterocycles. The number of hydrogen-bond acceptors (Lipinski definition) is 3. The predicted molar refractivity (Wildman–Crippen MR) is 170 cm³/mol. The van der Waals surface area contributed by atoms with E-state index in [1.165, 1.54) is 27.3 Å². The van der Waals surface area contributed by atoms with Crippen LogP contribution in [0.2, 0.25) is 0 Å². The van der Waals surface area contributed by atoms with E-state index in [-0.39, 0.29) is 0 Å². The second kappa shape index (κ2) is 9.65. The van der Waals surface area contributed by atoms with Crippen molar-refractivity contribution in [1.29, 1.82) is 0 Å². The van der Waals surface area contributed by atoms with E-state index in [0.717, 1.165) is 50.5 Å². The van der Waals surface area contributed by atoms with Crippen LogP contribution in [0.15, 0.2) is 140 Å². The number of rotatable bonds is 4. The first kappa shape index (κ1) is 23.5. The van der Waals surface area contributed by atoms with Crippen LogP contribution in [-0.2, 0) is 0 Å². The van der Waals surface area contributed by atoms with Crippen LogP contribution in [0.1, 0.15) is 0 Å². The van der Waals surface area contributed by atoms with Gasteiger partial charge in [0.05, 0.1) is 17.1 Å². The number of ether oxygens (including phenoxy) is 1. The minimum atomic E-state index is 0.503. The van der Waals surface area contributed by atoms with Crippen LogP contribution in [0.4, 0.5) is 5.69 Å². The molecule has 41 heavy (non-hydrogen) atoms. The molecule has 0 radical (unpaired) electrons. The van der Waals surface area contributed by atoms with Crippen molar-refractivity contribution in [3.05, 3.63) is 140 Å². The molecule has 0 fully saturated rings. The van der Waals surface area contributed by atoms with Gasteiger partial charge in [0.1, 0.15) is 5.75 Å². The monoisotopic (exact) mass is 526 g/mol. The van der Waals surface area contributed by atoms with E-state index in [1.54, 1.807) is 0 Å². The summed E-state index contributed by atoms with van der Waals surface area (Å²) in [6.45, 7) is 0.503. The molecule has 7 aromatic rings. The van der Waals surface area contributed by atoms with E-state index in [1.807, 2.05) is 6.07 Å². The van der Waals surface area contributed by atoms with Crippen molar-refractivity contribution in [2.75, 3.05) is 12.0 Å². The van der Waals surface area contributed by atoms with Gasteiger partial charge >= 0.3 is 0 Å². The Kier molecular flexibility index (Phi) is 5.53. The van der Waals surface area contributed by atoms with Crippen LogP contribution < -0.4 is 10.1 Å². The van der Waals surface area contributed by atoms with Crippen LogP contribution in [0, 0.1) is 0 Å². The molecular weight excluding hydrogens is 500 g/mol. The number of nitrogens with one attached hydrogen (secondary N) is 1. The van der Waals surface area contributed by atoms with Gasteiger partial charge in [-0.25, -0.2) is 4.98 Å². The molecule has 0 saturated carbocycles. The molecule has 0 unspecified atom stereocenters. The molecule has 1 N–H and O–H groups in total. The summed E-state index contributed by atoms with van der Waals surface area (Å²) in [4.78, 5) is 5.33. The van der Waals surface area contributed by atoms with Gasteiger partial charge < -0.3 is 10.1 Å². The van der Waals surface area contributed by atoms with E-state index in [2.05, 4.69) is 139 Å². The highest BCUT2D eigenvalue weighted by molar-refractivity contribution is 6.09. The van der Waals surface area contributed by atoms with Gasteiger partial charge in [-0.2, -0.15) is 0 Å². The Morgan fingerprint density at radius 1 is 0.537 bits per heavy atom. The Morgan fingerprint density at radius 3 is 2.15 bits per heavy atom. The second-order valence-electron chi connectivity index (χ2n) is 10.4. The van der Waals surface area contributed by atoms with Crippen LogP contribution in [0.3, 0.4) is 0 Å². The molecule has 0 aliphatic carbocycles. The molecule has 1 aliphatic rings. The van der Waals surface area contributed by atoms with E-state index >= 15 is 0 Å². The smallest absolute Gasteiger partial charge is 0.159 e. The number of anilines is 1. The lowest BCUT2D eigenvalue weighted by molar-refractivity contribution is 0.372. The zero-order chi connectivity index (χ0) is 27.2. The Hall–Kier alpha value is -5.41. The largest absolute Gasteiger partial charge is 0.471 e. The molecule has 0 amide bonds. The van der Waals surface area contributed by atoms with E-state index in [4.69, 9.17) is 9.72 Å². The van der Waals surface area contributed by atoms with E-state index in [0.29, 0.717) is 6.73 Å². The minimum absolute atomic E-state index is 0.503. The average molecular weight is 527 g/mol. The fourth-order valence-electron chi connectivity index (χ4n) is 6.02. The Bertz CT molecular complexity index is 2080. The first-order valence-corrected chi connectivity index (χ1v) is 13.9. The first-order chi connectivity index (χ1) is 20.3. The number of aromatic nitrogens is 1. The molecule has 194 valence electrons. The van der Waals surface area contributed by atoms with Crippen molar-refractivity contribution in [1.82, 2.24) is 4.98 Å². The normalized spacial score (nSPS) is 12.2. The van der Waals surface area contributed by atoms with Crippen LogP contribution >= 0.6 is 0 Å². The van der Waals surface area contributed by atoms with Crippen molar-refractivity contribution >= 4 is 27.2 Å². The summed E-state index contributed by atoms with van der Waals surface area (Å²) in [7, 11) is 0. The Morgan fingerprint density at radius 2 is 1.27 bits per heavy atom. The molecular formula is C38H26N2O. The molecule has 1 aromatic heterocycles. The first-order valence-electron chi connectivity index (χ1n) is 13.9. The summed E-state index contributed by atoms with van der Waals surface area (Å²) in [5.74, 6) is 0.893. The lowest BCUT2D eigenvalue weighted by Gasteiger charge is -2.19. The van der Waals surface area contributed by atoms with Gasteiger partial charge in [-0.05, 0) is 56.6 Å². The molecule has 6 aromatic carbocycles. The topological polar surface area (TPSA) is 34.1 Å². The molecule has 3 heteroatoms. The van der Waals surface area contributed by atoms with Crippen molar-refractivity contribution in [2.24, 2.45) is 0 Å². The van der Waals surface area contributed by atoms with Gasteiger partial charge in [0.25, 0.3) is 0 Å². The molecule has 3 nitrogen and oxygen atoms in total. The maximum atomic E-state index is 5.72. The molecule has 0 bridgehead atoms. The van der Waals surface area contributed by atoms with E-state index < -0.39 is 0 Å². The number of benzene rings is 6. The summed E-state index contributed by atoms with van der Waals surface area (Å²) in [5.41, 5.74) is 9.89. The summed E-state index contributed by atoms with van der Waals surface area (Å²) in [6, 6.07) is 49.4. The Balaban J connectivity index is 1.43. The minimum Gasteiger partial charge on any atom is -0.471 e. The van der Waals surface area contributed by atoms with Gasteiger partial charge in [0, 0.05) is 16.5 Å². The van der Waals surface area contributed by atoms with Crippen LogP contribution in [0.25, 0.3) is 66.3 Å². The summed E-state index contributed by atoms with van der Waals surface area (Å²) >= 11 is 0. The molecule has 1 aliphatic heterocycles. The average Bonchev–Trinajstić information content (AvgIpc) is 3.52. The van der Waals surface area contributed by atoms with Crippen LogP contribution in [-0.4, -0.2) is 11.7 Å². The highest BCUT2D eigenvalue weighted by Crippen LogP contribution is 2.45. The van der Waals surface area contributed by atoms with Crippen molar-refractivity contribution in [3.8, 4) is 50.5 Å². The standard InChI is InChI=1S/C38H26N2O/c1-2-11-26(12-3-1)34-22-27-13-5-7-15-31(27)38(40-34)33-17-9-8-16-32(33)37-29-14-6-4-10-25(29)18-20-30(37)28-19-21-36-35(23-28)39-24-41-36/h1-23,39H,24H2. The zero-order valence-corrected chi connectivity index (χ0v) is 22.3. The summed E-state index contributed by atoms with van der Waals surface area (Å²) < 4.78 is 5.72. The third-order valence-corrected chi connectivity index (χ3v) is 7.97. The molecule has 0 spiro atoms. The number of hydrogen-bond donors (Lipinski definition) is 1. The fourth-order valence-corrected chi connectivity index (χ4v) is 6.02. The third kappa shape index (κ3) is 4.02. The summed E-state index contributed by atoms with van der Waals surface area (Å²) in [6.07, 6.45) is 0. The third-order valence-electron chi connectivity index (χ3n) is 7.97. The molecule has 0 atom stereocenters. The zero-order valence-electron chi connectivity index (χ0n) is 22.3.